The number of rotatable bonds is 7. The zero-order valence-electron chi connectivity index (χ0n) is 12.3. The largest absolute Gasteiger partial charge is 0.490 e. The van der Waals surface area contributed by atoms with E-state index in [0.29, 0.717) is 30.3 Å². The predicted molar refractivity (Wildman–Crippen MR) is 84.4 cm³/mol. The second kappa shape index (κ2) is 7.83. The normalized spacial score (nSPS) is 10.6. The Morgan fingerprint density at radius 1 is 1.09 bits per heavy atom. The molecule has 0 atom stereocenters. The fourth-order valence-electron chi connectivity index (χ4n) is 1.96. The highest BCUT2D eigenvalue weighted by Crippen LogP contribution is 2.33. The average molecular weight is 299 g/mol. The molecule has 0 aromatic heterocycles. The van der Waals surface area contributed by atoms with E-state index in [-0.39, 0.29) is 0 Å². The van der Waals surface area contributed by atoms with Gasteiger partial charge in [0.2, 0.25) is 6.20 Å². The Bertz CT molecular complexity index is 653. The molecule has 2 rings (SSSR count). The van der Waals surface area contributed by atoms with Gasteiger partial charge in [-0.15, -0.1) is 0 Å². The SMILES string of the molecule is CCOc1cccc(/C=C/[N+](=O)[O-])c1OCc1ccccc1. The van der Waals surface area contributed by atoms with E-state index in [2.05, 4.69) is 0 Å². The Morgan fingerprint density at radius 3 is 2.55 bits per heavy atom. The van der Waals surface area contributed by atoms with Crippen LogP contribution in [0.5, 0.6) is 11.5 Å². The molecule has 0 N–H and O–H groups in total. The van der Waals surface area contributed by atoms with E-state index in [0.717, 1.165) is 11.8 Å². The summed E-state index contributed by atoms with van der Waals surface area (Å²) in [6, 6.07) is 15.0. The average Bonchev–Trinajstić information content (AvgIpc) is 2.53. The third kappa shape index (κ3) is 4.34. The third-order valence-electron chi connectivity index (χ3n) is 2.91. The van der Waals surface area contributed by atoms with Gasteiger partial charge in [0.1, 0.15) is 6.61 Å². The molecule has 0 fully saturated rings. The van der Waals surface area contributed by atoms with E-state index in [1.165, 1.54) is 6.08 Å². The molecule has 0 saturated carbocycles. The van der Waals surface area contributed by atoms with Crippen LogP contribution in [0.4, 0.5) is 0 Å². The monoisotopic (exact) mass is 299 g/mol. The molecule has 2 aromatic carbocycles. The third-order valence-corrected chi connectivity index (χ3v) is 2.91. The molecule has 0 aliphatic carbocycles. The number of nitrogens with zero attached hydrogens (tertiary/aromatic N) is 1. The van der Waals surface area contributed by atoms with Crippen LogP contribution in [0.15, 0.2) is 54.7 Å². The van der Waals surface area contributed by atoms with Crippen molar-refractivity contribution in [2.45, 2.75) is 13.5 Å². The van der Waals surface area contributed by atoms with Gasteiger partial charge in [-0.05, 0) is 18.6 Å². The molecule has 2 aromatic rings. The molecular weight excluding hydrogens is 282 g/mol. The lowest BCUT2D eigenvalue weighted by Crippen LogP contribution is -2.01. The van der Waals surface area contributed by atoms with E-state index in [4.69, 9.17) is 9.47 Å². The van der Waals surface area contributed by atoms with Crippen molar-refractivity contribution in [1.29, 1.82) is 0 Å². The van der Waals surface area contributed by atoms with Crippen LogP contribution in [0.3, 0.4) is 0 Å². The van der Waals surface area contributed by atoms with Gasteiger partial charge >= 0.3 is 0 Å². The highest BCUT2D eigenvalue weighted by atomic mass is 16.6. The highest BCUT2D eigenvalue weighted by molar-refractivity contribution is 5.61. The second-order valence-electron chi connectivity index (χ2n) is 4.48. The van der Waals surface area contributed by atoms with Gasteiger partial charge in [-0.25, -0.2) is 0 Å². The first-order valence-electron chi connectivity index (χ1n) is 6.95. The maximum absolute atomic E-state index is 10.5. The van der Waals surface area contributed by atoms with E-state index >= 15 is 0 Å². The van der Waals surface area contributed by atoms with Gasteiger partial charge in [-0.2, -0.15) is 0 Å². The van der Waals surface area contributed by atoms with Crippen LogP contribution < -0.4 is 9.47 Å². The number of ether oxygens (including phenoxy) is 2. The highest BCUT2D eigenvalue weighted by Gasteiger charge is 2.10. The van der Waals surface area contributed by atoms with Crippen LogP contribution in [0.2, 0.25) is 0 Å². The fourth-order valence-corrected chi connectivity index (χ4v) is 1.96. The second-order valence-corrected chi connectivity index (χ2v) is 4.48. The van der Waals surface area contributed by atoms with Gasteiger partial charge in [0.05, 0.1) is 11.5 Å². The maximum Gasteiger partial charge on any atom is 0.235 e. The Labute approximate surface area is 129 Å². The molecule has 0 unspecified atom stereocenters. The molecule has 22 heavy (non-hydrogen) atoms. The molecule has 0 spiro atoms. The van der Waals surface area contributed by atoms with Gasteiger partial charge in [0.25, 0.3) is 0 Å². The zero-order valence-corrected chi connectivity index (χ0v) is 12.3. The number of para-hydroxylation sites is 1. The van der Waals surface area contributed by atoms with Crippen molar-refractivity contribution >= 4 is 6.08 Å². The van der Waals surface area contributed by atoms with E-state index in [1.54, 1.807) is 18.2 Å². The molecule has 5 heteroatoms. The van der Waals surface area contributed by atoms with Gasteiger partial charge in [0, 0.05) is 11.6 Å². The first kappa shape index (κ1) is 15.6. The standard InChI is InChI=1S/C17H17NO4/c1-2-21-16-10-6-9-15(11-12-18(19)20)17(16)22-13-14-7-4-3-5-8-14/h3-12H,2,13H2,1H3/b12-11+. The number of hydrogen-bond acceptors (Lipinski definition) is 4. The van der Waals surface area contributed by atoms with Crippen LogP contribution in [0.25, 0.3) is 6.08 Å². The van der Waals surface area contributed by atoms with Crippen molar-refractivity contribution in [3.05, 3.63) is 76.0 Å². The summed E-state index contributed by atoms with van der Waals surface area (Å²) >= 11 is 0. The minimum atomic E-state index is -0.506. The molecule has 0 saturated heterocycles. The van der Waals surface area contributed by atoms with Crippen LogP contribution in [-0.4, -0.2) is 11.5 Å². The topological polar surface area (TPSA) is 61.6 Å². The van der Waals surface area contributed by atoms with Gasteiger partial charge < -0.3 is 9.47 Å². The van der Waals surface area contributed by atoms with Crippen LogP contribution in [-0.2, 0) is 6.61 Å². The minimum absolute atomic E-state index is 0.365. The molecule has 0 bridgehead atoms. The minimum Gasteiger partial charge on any atom is -0.490 e. The van der Waals surface area contributed by atoms with E-state index < -0.39 is 4.92 Å². The quantitative estimate of drug-likeness (QED) is 0.574. The summed E-state index contributed by atoms with van der Waals surface area (Å²) in [5.41, 5.74) is 1.62. The molecule has 0 radical (unpaired) electrons. The summed E-state index contributed by atoms with van der Waals surface area (Å²) in [6.07, 6.45) is 2.29. The van der Waals surface area contributed by atoms with Crippen LogP contribution in [0, 0.1) is 10.1 Å². The van der Waals surface area contributed by atoms with Gasteiger partial charge in [0.15, 0.2) is 11.5 Å². The van der Waals surface area contributed by atoms with Crippen LogP contribution in [0.1, 0.15) is 18.1 Å². The Morgan fingerprint density at radius 2 is 1.86 bits per heavy atom. The van der Waals surface area contributed by atoms with Gasteiger partial charge in [-0.1, -0.05) is 42.5 Å². The summed E-state index contributed by atoms with van der Waals surface area (Å²) in [5, 5.41) is 10.5. The van der Waals surface area contributed by atoms with Crippen LogP contribution >= 0.6 is 0 Å². The van der Waals surface area contributed by atoms with Crippen molar-refractivity contribution < 1.29 is 14.4 Å². The molecule has 0 amide bonds. The number of nitro groups is 1. The van der Waals surface area contributed by atoms with Crippen molar-refractivity contribution in [2.75, 3.05) is 6.61 Å². The molecule has 0 aliphatic rings. The van der Waals surface area contributed by atoms with E-state index in [1.807, 2.05) is 37.3 Å². The predicted octanol–water partition coefficient (Wildman–Crippen LogP) is 3.91. The van der Waals surface area contributed by atoms with Crippen molar-refractivity contribution in [3.63, 3.8) is 0 Å². The first-order valence-corrected chi connectivity index (χ1v) is 6.95. The maximum atomic E-state index is 10.5. The molecule has 0 aliphatic heterocycles. The summed E-state index contributed by atoms with van der Waals surface area (Å²) in [4.78, 5) is 10.0. The summed E-state index contributed by atoms with van der Waals surface area (Å²) in [6.45, 7) is 2.73. The lowest BCUT2D eigenvalue weighted by Gasteiger charge is -2.14. The summed E-state index contributed by atoms with van der Waals surface area (Å²) in [5.74, 6) is 1.08. The lowest BCUT2D eigenvalue weighted by atomic mass is 10.1. The Kier molecular flexibility index (Phi) is 5.54. The van der Waals surface area contributed by atoms with Crippen molar-refractivity contribution in [2.24, 2.45) is 0 Å². The van der Waals surface area contributed by atoms with Crippen molar-refractivity contribution in [3.8, 4) is 11.5 Å². The number of hydrogen-bond donors (Lipinski definition) is 0. The fraction of sp³-hybridized carbons (Fsp3) is 0.176. The van der Waals surface area contributed by atoms with Crippen molar-refractivity contribution in [1.82, 2.24) is 0 Å². The number of benzene rings is 2. The lowest BCUT2D eigenvalue weighted by molar-refractivity contribution is -0.400. The summed E-state index contributed by atoms with van der Waals surface area (Å²) < 4.78 is 11.4. The molecule has 5 nitrogen and oxygen atoms in total. The molecular formula is C17H17NO4. The zero-order chi connectivity index (χ0) is 15.8. The smallest absolute Gasteiger partial charge is 0.235 e. The van der Waals surface area contributed by atoms with Gasteiger partial charge in [-0.3, -0.25) is 10.1 Å². The molecule has 0 heterocycles. The van der Waals surface area contributed by atoms with E-state index in [9.17, 15) is 10.1 Å². The summed E-state index contributed by atoms with van der Waals surface area (Å²) in [7, 11) is 0. The Balaban J connectivity index is 2.26. The first-order chi connectivity index (χ1) is 10.7. The Hall–Kier alpha value is -2.82. The molecule has 114 valence electrons.